The van der Waals surface area contributed by atoms with Crippen molar-refractivity contribution >= 4 is 34.8 Å². The molecule has 2 rings (SSSR count). The van der Waals surface area contributed by atoms with Gasteiger partial charge >= 0.3 is 5.97 Å². The van der Waals surface area contributed by atoms with Gasteiger partial charge in [-0.15, -0.1) is 0 Å². The lowest BCUT2D eigenvalue weighted by Gasteiger charge is -2.07. The van der Waals surface area contributed by atoms with Gasteiger partial charge in [-0.1, -0.05) is 19.1 Å². The highest BCUT2D eigenvalue weighted by Gasteiger charge is 2.10. The van der Waals surface area contributed by atoms with Crippen molar-refractivity contribution in [3.05, 3.63) is 64.2 Å². The van der Waals surface area contributed by atoms with Crippen LogP contribution in [-0.4, -0.2) is 29.3 Å². The fraction of sp³-hybridized carbons (Fsp3) is 0.286. The number of nitrogens with zero attached hydrogens (tertiary/aromatic N) is 1. The van der Waals surface area contributed by atoms with Crippen LogP contribution in [0.15, 0.2) is 48.5 Å². The number of hydrogen-bond donors (Lipinski definition) is 2. The first kappa shape index (κ1) is 22.5. The van der Waals surface area contributed by atoms with E-state index in [4.69, 9.17) is 4.74 Å². The normalized spacial score (nSPS) is 10.2. The number of hydrogen-bond acceptors (Lipinski definition) is 6. The second-order valence-corrected chi connectivity index (χ2v) is 6.47. The molecule has 9 heteroatoms. The van der Waals surface area contributed by atoms with Gasteiger partial charge in [-0.25, -0.2) is 0 Å². The molecule has 158 valence electrons. The first-order valence-corrected chi connectivity index (χ1v) is 9.46. The third-order valence-electron chi connectivity index (χ3n) is 4.16. The summed E-state index contributed by atoms with van der Waals surface area (Å²) >= 11 is 0. The molecule has 0 saturated carbocycles. The first-order chi connectivity index (χ1) is 14.4. The maximum absolute atomic E-state index is 11.9. The Morgan fingerprint density at radius 3 is 2.03 bits per heavy atom. The number of non-ortho nitro benzene ring substituents is 1. The number of esters is 1. The van der Waals surface area contributed by atoms with Crippen LogP contribution in [0, 0.1) is 10.1 Å². The molecule has 0 unspecified atom stereocenters. The summed E-state index contributed by atoms with van der Waals surface area (Å²) in [5.74, 6) is -1.34. The van der Waals surface area contributed by atoms with Gasteiger partial charge in [-0.3, -0.25) is 24.5 Å². The zero-order valence-corrected chi connectivity index (χ0v) is 16.6. The average molecular weight is 413 g/mol. The standard InChI is InChI=1S/C21H23N3O6/c1-2-15-6-8-16(9-7-15)23-20(26)14-30-21(27)5-3-4-19(25)22-17-10-12-18(13-11-17)24(28)29/h6-13H,2-5,14H2,1H3,(H,22,25)(H,23,26). The summed E-state index contributed by atoms with van der Waals surface area (Å²) in [4.78, 5) is 45.5. The molecule has 2 amide bonds. The lowest BCUT2D eigenvalue weighted by molar-refractivity contribution is -0.384. The van der Waals surface area contributed by atoms with E-state index in [2.05, 4.69) is 10.6 Å². The monoisotopic (exact) mass is 413 g/mol. The predicted molar refractivity (Wildman–Crippen MR) is 111 cm³/mol. The highest BCUT2D eigenvalue weighted by Crippen LogP contribution is 2.16. The van der Waals surface area contributed by atoms with E-state index in [0.717, 1.165) is 12.0 Å². The highest BCUT2D eigenvalue weighted by atomic mass is 16.6. The van der Waals surface area contributed by atoms with Crippen molar-refractivity contribution in [1.82, 2.24) is 0 Å². The number of nitro benzene ring substituents is 1. The van der Waals surface area contributed by atoms with Crippen molar-refractivity contribution in [2.75, 3.05) is 17.2 Å². The van der Waals surface area contributed by atoms with Crippen molar-refractivity contribution in [3.63, 3.8) is 0 Å². The van der Waals surface area contributed by atoms with Gasteiger partial charge in [-0.2, -0.15) is 0 Å². The van der Waals surface area contributed by atoms with Crippen LogP contribution in [0.1, 0.15) is 31.7 Å². The number of amides is 2. The number of nitrogens with one attached hydrogen (secondary N) is 2. The largest absolute Gasteiger partial charge is 0.456 e. The van der Waals surface area contributed by atoms with E-state index in [9.17, 15) is 24.5 Å². The molecule has 0 fully saturated rings. The molecule has 0 aliphatic carbocycles. The van der Waals surface area contributed by atoms with Gasteiger partial charge in [0.05, 0.1) is 4.92 Å². The summed E-state index contributed by atoms with van der Waals surface area (Å²) in [6.07, 6.45) is 1.21. The molecule has 9 nitrogen and oxygen atoms in total. The predicted octanol–water partition coefficient (Wildman–Crippen LogP) is 3.45. The Hall–Kier alpha value is -3.75. The van der Waals surface area contributed by atoms with Crippen molar-refractivity contribution in [1.29, 1.82) is 0 Å². The van der Waals surface area contributed by atoms with E-state index in [-0.39, 0.29) is 30.9 Å². The van der Waals surface area contributed by atoms with E-state index < -0.39 is 23.4 Å². The molecule has 0 radical (unpaired) electrons. The number of aryl methyl sites for hydroxylation is 1. The lowest BCUT2D eigenvalue weighted by atomic mass is 10.1. The van der Waals surface area contributed by atoms with Gasteiger partial charge in [0.1, 0.15) is 0 Å². The Morgan fingerprint density at radius 2 is 1.47 bits per heavy atom. The molecule has 0 atom stereocenters. The SMILES string of the molecule is CCc1ccc(NC(=O)COC(=O)CCCC(=O)Nc2ccc([N+](=O)[O-])cc2)cc1. The van der Waals surface area contributed by atoms with Gasteiger partial charge in [-0.05, 0) is 42.7 Å². The first-order valence-electron chi connectivity index (χ1n) is 9.46. The van der Waals surface area contributed by atoms with Gasteiger partial charge in [0.15, 0.2) is 6.61 Å². The number of carbonyl (C=O) groups excluding carboxylic acids is 3. The Morgan fingerprint density at radius 1 is 0.900 bits per heavy atom. The van der Waals surface area contributed by atoms with Crippen LogP contribution in [0.5, 0.6) is 0 Å². The topological polar surface area (TPSA) is 128 Å². The van der Waals surface area contributed by atoms with Gasteiger partial charge in [0.2, 0.25) is 5.91 Å². The van der Waals surface area contributed by atoms with Crippen LogP contribution >= 0.6 is 0 Å². The van der Waals surface area contributed by atoms with E-state index in [0.29, 0.717) is 11.4 Å². The third kappa shape index (κ3) is 7.70. The van der Waals surface area contributed by atoms with Crippen LogP contribution in [0.2, 0.25) is 0 Å². The molecule has 0 aliphatic rings. The molecule has 0 heterocycles. The average Bonchev–Trinajstić information content (AvgIpc) is 2.73. The van der Waals surface area contributed by atoms with Gasteiger partial charge in [0, 0.05) is 36.3 Å². The summed E-state index contributed by atoms with van der Waals surface area (Å²) in [5, 5.41) is 15.8. The van der Waals surface area contributed by atoms with Crippen molar-refractivity contribution in [2.24, 2.45) is 0 Å². The maximum Gasteiger partial charge on any atom is 0.306 e. The quantitative estimate of drug-likeness (QED) is 0.349. The molecule has 2 aromatic rings. The second kappa shape index (κ2) is 11.3. The third-order valence-corrected chi connectivity index (χ3v) is 4.16. The number of nitro groups is 1. The molecule has 0 aliphatic heterocycles. The van der Waals surface area contributed by atoms with Crippen LogP contribution < -0.4 is 10.6 Å². The maximum atomic E-state index is 11.9. The molecule has 0 saturated heterocycles. The number of ether oxygens (including phenoxy) is 1. The summed E-state index contributed by atoms with van der Waals surface area (Å²) in [7, 11) is 0. The van der Waals surface area contributed by atoms with Gasteiger partial charge in [0.25, 0.3) is 11.6 Å². The zero-order chi connectivity index (χ0) is 21.9. The van der Waals surface area contributed by atoms with E-state index in [1.54, 1.807) is 12.1 Å². The fourth-order valence-electron chi connectivity index (χ4n) is 2.52. The van der Waals surface area contributed by atoms with Gasteiger partial charge < -0.3 is 15.4 Å². The molecule has 0 aromatic heterocycles. The molecular weight excluding hydrogens is 390 g/mol. The van der Waals surface area contributed by atoms with Crippen molar-refractivity contribution in [3.8, 4) is 0 Å². The summed E-state index contributed by atoms with van der Waals surface area (Å²) in [5.41, 5.74) is 2.13. The second-order valence-electron chi connectivity index (χ2n) is 6.47. The van der Waals surface area contributed by atoms with Crippen LogP contribution in [0.3, 0.4) is 0 Å². The van der Waals surface area contributed by atoms with E-state index in [1.165, 1.54) is 24.3 Å². The Kier molecular flexibility index (Phi) is 8.49. The minimum Gasteiger partial charge on any atom is -0.456 e. The molecule has 2 N–H and O–H groups in total. The van der Waals surface area contributed by atoms with Crippen LogP contribution in [0.4, 0.5) is 17.1 Å². The van der Waals surface area contributed by atoms with E-state index >= 15 is 0 Å². The van der Waals surface area contributed by atoms with Crippen molar-refractivity contribution in [2.45, 2.75) is 32.6 Å². The van der Waals surface area contributed by atoms with Crippen LogP contribution in [-0.2, 0) is 25.5 Å². The smallest absolute Gasteiger partial charge is 0.306 e. The number of anilines is 2. The summed E-state index contributed by atoms with van der Waals surface area (Å²) < 4.78 is 4.91. The number of rotatable bonds is 10. The fourth-order valence-corrected chi connectivity index (χ4v) is 2.52. The summed E-state index contributed by atoms with van der Waals surface area (Å²) in [6, 6.07) is 12.8. The summed E-state index contributed by atoms with van der Waals surface area (Å²) in [6.45, 7) is 1.63. The van der Waals surface area contributed by atoms with E-state index in [1.807, 2.05) is 19.1 Å². The minimum absolute atomic E-state index is 0.00778. The number of benzene rings is 2. The molecule has 0 bridgehead atoms. The minimum atomic E-state index is -0.574. The van der Waals surface area contributed by atoms with Crippen LogP contribution in [0.25, 0.3) is 0 Å². The lowest BCUT2D eigenvalue weighted by Crippen LogP contribution is -2.21. The van der Waals surface area contributed by atoms with Crippen molar-refractivity contribution < 1.29 is 24.0 Å². The molecular formula is C21H23N3O6. The molecule has 0 spiro atoms. The number of carbonyl (C=O) groups is 3. The molecule has 2 aromatic carbocycles. The molecule has 30 heavy (non-hydrogen) atoms. The highest BCUT2D eigenvalue weighted by molar-refractivity contribution is 5.93. The Balaban J connectivity index is 1.63. The zero-order valence-electron chi connectivity index (χ0n) is 16.6. The Labute approximate surface area is 173 Å². The Bertz CT molecular complexity index is 894.